The quantitative estimate of drug-likeness (QED) is 0.519. The molecule has 1 heterocycles. The highest BCUT2D eigenvalue weighted by Gasteiger charge is 2.10. The van der Waals surface area contributed by atoms with Gasteiger partial charge in [0.05, 0.1) is 6.21 Å². The van der Waals surface area contributed by atoms with Crippen LogP contribution < -0.4 is 10.2 Å². The normalized spacial score (nSPS) is 11.4. The maximum Gasteiger partial charge on any atom is 0.277 e. The number of hydrogen-bond donors (Lipinski definition) is 2. The third-order valence-corrected chi connectivity index (χ3v) is 4.16. The molecule has 1 aromatic heterocycles. The number of benzene rings is 2. The monoisotopic (exact) mass is 349 g/mol. The number of aromatic nitrogens is 1. The van der Waals surface area contributed by atoms with Crippen LogP contribution in [-0.2, 0) is 4.79 Å². The summed E-state index contributed by atoms with van der Waals surface area (Å²) in [7, 11) is 0. The molecule has 0 saturated carbocycles. The number of hydrogen-bond acceptors (Lipinski definition) is 3. The van der Waals surface area contributed by atoms with E-state index in [0.717, 1.165) is 33.3 Å². The van der Waals surface area contributed by atoms with Crippen LogP contribution in [-0.4, -0.2) is 23.7 Å². The van der Waals surface area contributed by atoms with Gasteiger partial charge in [-0.2, -0.15) is 5.10 Å². The molecule has 0 atom stereocenters. The molecular formula is C21H23N3O2. The molecule has 1 amide bonds. The Labute approximate surface area is 153 Å². The number of aromatic amines is 1. The maximum absolute atomic E-state index is 12.0. The third kappa shape index (κ3) is 4.11. The fourth-order valence-electron chi connectivity index (χ4n) is 2.79. The van der Waals surface area contributed by atoms with Gasteiger partial charge in [0, 0.05) is 22.7 Å². The summed E-state index contributed by atoms with van der Waals surface area (Å²) in [5.74, 6) is 0.779. The highest BCUT2D eigenvalue weighted by molar-refractivity contribution is 5.99. The van der Waals surface area contributed by atoms with E-state index < -0.39 is 0 Å². The second-order valence-electron chi connectivity index (χ2n) is 6.57. The molecule has 2 aromatic carbocycles. The van der Waals surface area contributed by atoms with Gasteiger partial charge in [0.1, 0.15) is 5.75 Å². The highest BCUT2D eigenvalue weighted by atomic mass is 16.5. The van der Waals surface area contributed by atoms with Crippen LogP contribution in [0.3, 0.4) is 0 Å². The van der Waals surface area contributed by atoms with Crippen molar-refractivity contribution < 1.29 is 9.53 Å². The van der Waals surface area contributed by atoms with E-state index in [0.29, 0.717) is 5.92 Å². The van der Waals surface area contributed by atoms with E-state index in [9.17, 15) is 4.79 Å². The summed E-state index contributed by atoms with van der Waals surface area (Å²) in [6.45, 7) is 6.13. The van der Waals surface area contributed by atoms with Gasteiger partial charge in [-0.3, -0.25) is 4.79 Å². The second kappa shape index (κ2) is 7.87. The number of amides is 1. The molecule has 0 fully saturated rings. The summed E-state index contributed by atoms with van der Waals surface area (Å²) in [5.41, 5.74) is 6.65. The Morgan fingerprint density at radius 1 is 1.27 bits per heavy atom. The molecule has 3 aromatic rings. The lowest BCUT2D eigenvalue weighted by Crippen LogP contribution is -2.25. The minimum absolute atomic E-state index is 0.0750. The summed E-state index contributed by atoms with van der Waals surface area (Å²) in [5, 5.41) is 5.09. The van der Waals surface area contributed by atoms with Crippen molar-refractivity contribution in [2.24, 2.45) is 5.10 Å². The number of carbonyl (C=O) groups excluding carboxylic acids is 1. The zero-order valence-electron chi connectivity index (χ0n) is 15.2. The van der Waals surface area contributed by atoms with Crippen molar-refractivity contribution in [3.8, 4) is 5.75 Å². The first-order valence-electron chi connectivity index (χ1n) is 8.66. The Kier molecular flexibility index (Phi) is 5.37. The van der Waals surface area contributed by atoms with Crippen LogP contribution in [0.25, 0.3) is 10.9 Å². The minimum atomic E-state index is -0.294. The lowest BCUT2D eigenvalue weighted by Gasteiger charge is -2.14. The van der Waals surface area contributed by atoms with Crippen molar-refractivity contribution in [1.29, 1.82) is 0 Å². The first kappa shape index (κ1) is 17.7. The van der Waals surface area contributed by atoms with Gasteiger partial charge in [0.25, 0.3) is 5.91 Å². The smallest absolute Gasteiger partial charge is 0.277 e. The minimum Gasteiger partial charge on any atom is -0.483 e. The molecule has 26 heavy (non-hydrogen) atoms. The van der Waals surface area contributed by atoms with Crippen molar-refractivity contribution in [1.82, 2.24) is 10.4 Å². The summed E-state index contributed by atoms with van der Waals surface area (Å²) >= 11 is 0. The van der Waals surface area contributed by atoms with Crippen LogP contribution in [0.5, 0.6) is 5.75 Å². The highest BCUT2D eigenvalue weighted by Crippen LogP contribution is 2.27. The Morgan fingerprint density at radius 2 is 2.08 bits per heavy atom. The molecule has 0 spiro atoms. The van der Waals surface area contributed by atoms with E-state index in [1.165, 1.54) is 0 Å². The maximum atomic E-state index is 12.0. The van der Waals surface area contributed by atoms with Crippen molar-refractivity contribution in [2.75, 3.05) is 6.61 Å². The number of fused-ring (bicyclic) bond motifs is 1. The van der Waals surface area contributed by atoms with Gasteiger partial charge in [0.15, 0.2) is 6.61 Å². The Hall–Kier alpha value is -3.08. The van der Waals surface area contributed by atoms with Gasteiger partial charge in [0.2, 0.25) is 0 Å². The fourth-order valence-corrected chi connectivity index (χ4v) is 2.79. The van der Waals surface area contributed by atoms with E-state index in [1.807, 2.05) is 55.6 Å². The number of para-hydroxylation sites is 1. The van der Waals surface area contributed by atoms with Crippen LogP contribution in [0.1, 0.15) is 36.5 Å². The number of aryl methyl sites for hydroxylation is 1. The number of rotatable bonds is 6. The molecule has 0 aliphatic rings. The van der Waals surface area contributed by atoms with Crippen molar-refractivity contribution in [3.05, 3.63) is 65.4 Å². The number of ether oxygens (including phenoxy) is 1. The first-order chi connectivity index (χ1) is 12.5. The molecule has 0 bridgehead atoms. The Morgan fingerprint density at radius 3 is 2.88 bits per heavy atom. The van der Waals surface area contributed by atoms with E-state index >= 15 is 0 Å². The molecule has 0 aliphatic heterocycles. The van der Waals surface area contributed by atoms with Gasteiger partial charge < -0.3 is 9.72 Å². The molecule has 5 nitrogen and oxygen atoms in total. The lowest BCUT2D eigenvalue weighted by molar-refractivity contribution is -0.123. The number of carbonyl (C=O) groups is 1. The average molecular weight is 349 g/mol. The summed E-state index contributed by atoms with van der Waals surface area (Å²) < 4.78 is 5.71. The third-order valence-electron chi connectivity index (χ3n) is 4.16. The molecule has 0 saturated heterocycles. The Bertz CT molecular complexity index is 941. The van der Waals surface area contributed by atoms with Crippen LogP contribution in [0, 0.1) is 6.92 Å². The Balaban J connectivity index is 1.59. The molecule has 3 rings (SSSR count). The number of nitrogens with zero attached hydrogens (tertiary/aromatic N) is 1. The van der Waals surface area contributed by atoms with Crippen molar-refractivity contribution in [2.45, 2.75) is 26.7 Å². The summed E-state index contributed by atoms with van der Waals surface area (Å²) in [6, 6.07) is 14.0. The van der Waals surface area contributed by atoms with Gasteiger partial charge in [-0.05, 0) is 36.1 Å². The van der Waals surface area contributed by atoms with Gasteiger partial charge >= 0.3 is 0 Å². The van der Waals surface area contributed by atoms with E-state index in [4.69, 9.17) is 4.74 Å². The average Bonchev–Trinajstić information content (AvgIpc) is 3.03. The fraction of sp³-hybridized carbons (Fsp3) is 0.238. The molecule has 134 valence electrons. The number of hydrazone groups is 1. The van der Waals surface area contributed by atoms with Crippen LogP contribution in [0.4, 0.5) is 0 Å². The van der Waals surface area contributed by atoms with Crippen LogP contribution in [0.2, 0.25) is 0 Å². The van der Waals surface area contributed by atoms with Gasteiger partial charge in [-0.1, -0.05) is 44.2 Å². The van der Waals surface area contributed by atoms with Crippen molar-refractivity contribution >= 4 is 23.0 Å². The topological polar surface area (TPSA) is 66.5 Å². The molecule has 0 unspecified atom stereocenters. The van der Waals surface area contributed by atoms with Crippen LogP contribution >= 0.6 is 0 Å². The van der Waals surface area contributed by atoms with Gasteiger partial charge in [-0.15, -0.1) is 0 Å². The summed E-state index contributed by atoms with van der Waals surface area (Å²) in [6.07, 6.45) is 3.49. The molecule has 0 radical (unpaired) electrons. The van der Waals surface area contributed by atoms with E-state index in [2.05, 4.69) is 29.4 Å². The SMILES string of the molecule is Cc1ccc(C(C)C)c(OCC(=O)NN=Cc2c[nH]c3ccccc23)c1. The first-order valence-corrected chi connectivity index (χ1v) is 8.66. The molecule has 2 N–H and O–H groups in total. The van der Waals surface area contributed by atoms with E-state index in [1.54, 1.807) is 6.21 Å². The number of nitrogens with one attached hydrogen (secondary N) is 2. The standard InChI is InChI=1S/C21H23N3O2/c1-14(2)17-9-8-15(3)10-20(17)26-13-21(25)24-23-12-16-11-22-19-7-5-4-6-18(16)19/h4-12,14,22H,13H2,1-3H3,(H,24,25). The molecule has 5 heteroatoms. The lowest BCUT2D eigenvalue weighted by atomic mass is 10.0. The molecular weight excluding hydrogens is 326 g/mol. The van der Waals surface area contributed by atoms with Crippen LogP contribution in [0.15, 0.2) is 53.8 Å². The second-order valence-corrected chi connectivity index (χ2v) is 6.57. The predicted molar refractivity (Wildman–Crippen MR) is 105 cm³/mol. The van der Waals surface area contributed by atoms with Gasteiger partial charge in [-0.25, -0.2) is 5.43 Å². The predicted octanol–water partition coefficient (Wildman–Crippen LogP) is 4.13. The van der Waals surface area contributed by atoms with Crippen molar-refractivity contribution in [3.63, 3.8) is 0 Å². The summed E-state index contributed by atoms with van der Waals surface area (Å²) in [4.78, 5) is 15.2. The van der Waals surface area contributed by atoms with E-state index in [-0.39, 0.29) is 12.5 Å². The molecule has 0 aliphatic carbocycles. The largest absolute Gasteiger partial charge is 0.483 e. The zero-order chi connectivity index (χ0) is 18.5. The zero-order valence-corrected chi connectivity index (χ0v) is 15.2. The number of H-pyrrole nitrogens is 1.